The van der Waals surface area contributed by atoms with Crippen molar-refractivity contribution in [2.45, 2.75) is 13.2 Å². The maximum Gasteiger partial charge on any atom is 0.139 e. The van der Waals surface area contributed by atoms with Crippen molar-refractivity contribution in [3.63, 3.8) is 0 Å². The van der Waals surface area contributed by atoms with Crippen LogP contribution in [0.4, 0.5) is 0 Å². The van der Waals surface area contributed by atoms with Gasteiger partial charge in [-0.1, -0.05) is 23.7 Å². The first-order chi connectivity index (χ1) is 9.65. The van der Waals surface area contributed by atoms with Crippen LogP contribution >= 0.6 is 27.5 Å². The van der Waals surface area contributed by atoms with Crippen molar-refractivity contribution >= 4 is 27.5 Å². The fourth-order valence-corrected chi connectivity index (χ4v) is 2.57. The maximum atomic E-state index is 9.34. The lowest BCUT2D eigenvalue weighted by molar-refractivity contribution is 0.256. The van der Waals surface area contributed by atoms with Crippen LogP contribution in [0.2, 0.25) is 5.02 Å². The SMILES string of the molecule is COc1ccc(Cl)cc1COc1c(Br)cccc1CO. The number of hydrogen-bond acceptors (Lipinski definition) is 3. The van der Waals surface area contributed by atoms with Crippen LogP contribution in [0, 0.1) is 0 Å². The summed E-state index contributed by atoms with van der Waals surface area (Å²) in [6.45, 7) is 0.223. The number of halogens is 2. The average molecular weight is 358 g/mol. The van der Waals surface area contributed by atoms with Gasteiger partial charge < -0.3 is 14.6 Å². The van der Waals surface area contributed by atoms with Gasteiger partial charge in [0.15, 0.2) is 0 Å². The van der Waals surface area contributed by atoms with Gasteiger partial charge in [-0.3, -0.25) is 0 Å². The van der Waals surface area contributed by atoms with E-state index in [2.05, 4.69) is 15.9 Å². The Balaban J connectivity index is 2.23. The molecule has 2 rings (SSSR count). The monoisotopic (exact) mass is 356 g/mol. The molecule has 0 spiro atoms. The first kappa shape index (κ1) is 15.2. The van der Waals surface area contributed by atoms with Crippen molar-refractivity contribution in [2.75, 3.05) is 7.11 Å². The summed E-state index contributed by atoms with van der Waals surface area (Å²) in [7, 11) is 1.60. The summed E-state index contributed by atoms with van der Waals surface area (Å²) in [4.78, 5) is 0. The molecule has 5 heteroatoms. The van der Waals surface area contributed by atoms with Gasteiger partial charge in [-0.15, -0.1) is 0 Å². The Bertz CT molecular complexity index is 602. The number of methoxy groups -OCH3 is 1. The number of benzene rings is 2. The molecule has 0 aliphatic rings. The van der Waals surface area contributed by atoms with E-state index in [1.807, 2.05) is 18.2 Å². The van der Waals surface area contributed by atoms with E-state index in [-0.39, 0.29) is 6.61 Å². The highest BCUT2D eigenvalue weighted by atomic mass is 79.9. The van der Waals surface area contributed by atoms with Crippen LogP contribution < -0.4 is 9.47 Å². The minimum Gasteiger partial charge on any atom is -0.496 e. The molecule has 20 heavy (non-hydrogen) atoms. The molecular weight excluding hydrogens is 344 g/mol. The van der Waals surface area contributed by atoms with Crippen molar-refractivity contribution in [3.05, 3.63) is 57.0 Å². The molecule has 3 nitrogen and oxygen atoms in total. The van der Waals surface area contributed by atoms with E-state index < -0.39 is 0 Å². The first-order valence-electron chi connectivity index (χ1n) is 5.99. The van der Waals surface area contributed by atoms with Gasteiger partial charge in [0.2, 0.25) is 0 Å². The largest absolute Gasteiger partial charge is 0.496 e. The minimum atomic E-state index is -0.0819. The molecule has 0 aliphatic carbocycles. The lowest BCUT2D eigenvalue weighted by atomic mass is 10.2. The van der Waals surface area contributed by atoms with Crippen molar-refractivity contribution < 1.29 is 14.6 Å². The van der Waals surface area contributed by atoms with Gasteiger partial charge >= 0.3 is 0 Å². The standard InChI is InChI=1S/C15H14BrClO3/c1-19-14-6-5-12(17)7-11(14)9-20-15-10(8-18)3-2-4-13(15)16/h2-7,18H,8-9H2,1H3. The Hall–Kier alpha value is -1.23. The smallest absolute Gasteiger partial charge is 0.139 e. The van der Waals surface area contributed by atoms with Gasteiger partial charge in [-0.2, -0.15) is 0 Å². The fourth-order valence-electron chi connectivity index (χ4n) is 1.85. The van der Waals surface area contributed by atoms with Gasteiger partial charge in [0, 0.05) is 16.1 Å². The first-order valence-corrected chi connectivity index (χ1v) is 7.16. The molecule has 0 saturated carbocycles. The summed E-state index contributed by atoms with van der Waals surface area (Å²) in [6.07, 6.45) is 0. The van der Waals surface area contributed by atoms with E-state index in [4.69, 9.17) is 21.1 Å². The summed E-state index contributed by atoms with van der Waals surface area (Å²) < 4.78 is 11.9. The van der Waals surface area contributed by atoms with Gasteiger partial charge in [-0.05, 0) is 40.2 Å². The molecule has 0 bridgehead atoms. The summed E-state index contributed by atoms with van der Waals surface area (Å²) in [5, 5.41) is 9.96. The van der Waals surface area contributed by atoms with Crippen LogP contribution in [-0.4, -0.2) is 12.2 Å². The van der Waals surface area contributed by atoms with Gasteiger partial charge in [0.1, 0.15) is 18.1 Å². The number of para-hydroxylation sites is 1. The Labute approximate surface area is 131 Å². The minimum absolute atomic E-state index is 0.0819. The molecule has 0 unspecified atom stereocenters. The van der Waals surface area contributed by atoms with Crippen LogP contribution in [0.25, 0.3) is 0 Å². The van der Waals surface area contributed by atoms with E-state index in [0.29, 0.717) is 23.1 Å². The normalized spacial score (nSPS) is 10.4. The second-order valence-electron chi connectivity index (χ2n) is 4.13. The van der Waals surface area contributed by atoms with Crippen molar-refractivity contribution in [3.8, 4) is 11.5 Å². The number of aliphatic hydroxyl groups excluding tert-OH is 1. The average Bonchev–Trinajstić information content (AvgIpc) is 2.46. The zero-order valence-electron chi connectivity index (χ0n) is 10.9. The summed E-state index contributed by atoms with van der Waals surface area (Å²) in [5.41, 5.74) is 1.57. The molecule has 0 heterocycles. The molecule has 0 fully saturated rings. The highest BCUT2D eigenvalue weighted by Crippen LogP contribution is 2.31. The number of hydrogen-bond donors (Lipinski definition) is 1. The second kappa shape index (κ2) is 6.97. The third kappa shape index (κ3) is 3.45. The lowest BCUT2D eigenvalue weighted by Gasteiger charge is -2.14. The van der Waals surface area contributed by atoms with E-state index in [9.17, 15) is 5.11 Å². The zero-order valence-corrected chi connectivity index (χ0v) is 13.2. The highest BCUT2D eigenvalue weighted by Gasteiger charge is 2.10. The summed E-state index contributed by atoms with van der Waals surface area (Å²) in [5.74, 6) is 1.34. The molecule has 2 aromatic rings. The summed E-state index contributed by atoms with van der Waals surface area (Å²) in [6, 6.07) is 10.9. The third-order valence-corrected chi connectivity index (χ3v) is 3.69. The van der Waals surface area contributed by atoms with E-state index >= 15 is 0 Å². The Morgan fingerprint density at radius 2 is 2.00 bits per heavy atom. The summed E-state index contributed by atoms with van der Waals surface area (Å²) >= 11 is 9.40. The van der Waals surface area contributed by atoms with Crippen molar-refractivity contribution in [2.24, 2.45) is 0 Å². The maximum absolute atomic E-state index is 9.34. The van der Waals surface area contributed by atoms with Gasteiger partial charge in [0.25, 0.3) is 0 Å². The van der Waals surface area contributed by atoms with Crippen LogP contribution in [0.3, 0.4) is 0 Å². The molecule has 106 valence electrons. The predicted molar refractivity (Wildman–Crippen MR) is 82.4 cm³/mol. The van der Waals surface area contributed by atoms with Gasteiger partial charge in [0.05, 0.1) is 18.2 Å². The molecule has 2 aromatic carbocycles. The molecule has 0 radical (unpaired) electrons. The number of aliphatic hydroxyl groups is 1. The van der Waals surface area contributed by atoms with Crippen molar-refractivity contribution in [1.82, 2.24) is 0 Å². The van der Waals surface area contributed by atoms with Gasteiger partial charge in [-0.25, -0.2) is 0 Å². The molecule has 0 atom stereocenters. The third-order valence-electron chi connectivity index (χ3n) is 2.83. The number of ether oxygens (including phenoxy) is 2. The Morgan fingerprint density at radius 1 is 1.20 bits per heavy atom. The van der Waals surface area contributed by atoms with Crippen LogP contribution in [0.1, 0.15) is 11.1 Å². The zero-order chi connectivity index (χ0) is 14.5. The Morgan fingerprint density at radius 3 is 2.70 bits per heavy atom. The fraction of sp³-hybridized carbons (Fsp3) is 0.200. The molecule has 0 amide bonds. The molecule has 1 N–H and O–H groups in total. The Kier molecular flexibility index (Phi) is 5.29. The van der Waals surface area contributed by atoms with Crippen molar-refractivity contribution in [1.29, 1.82) is 0 Å². The lowest BCUT2D eigenvalue weighted by Crippen LogP contribution is -2.01. The molecule has 0 saturated heterocycles. The number of rotatable bonds is 5. The van der Waals surface area contributed by atoms with Crippen LogP contribution in [-0.2, 0) is 13.2 Å². The highest BCUT2D eigenvalue weighted by molar-refractivity contribution is 9.10. The van der Waals surface area contributed by atoms with E-state index in [1.54, 1.807) is 25.3 Å². The van der Waals surface area contributed by atoms with E-state index in [1.165, 1.54) is 0 Å². The molecular formula is C15H14BrClO3. The predicted octanol–water partition coefficient (Wildman–Crippen LogP) is 4.18. The van der Waals surface area contributed by atoms with Crippen LogP contribution in [0.5, 0.6) is 11.5 Å². The topological polar surface area (TPSA) is 38.7 Å². The van der Waals surface area contributed by atoms with E-state index in [0.717, 1.165) is 15.6 Å². The quantitative estimate of drug-likeness (QED) is 0.872. The second-order valence-corrected chi connectivity index (χ2v) is 5.42. The van der Waals surface area contributed by atoms with Crippen LogP contribution in [0.15, 0.2) is 40.9 Å². The molecule has 0 aliphatic heterocycles. The molecule has 0 aromatic heterocycles.